The molecule has 2 N–H and O–H groups in total. The molecule has 0 fully saturated rings. The van der Waals surface area contributed by atoms with Gasteiger partial charge in [-0.2, -0.15) is 26.3 Å². The number of hydrogen-bond donors (Lipinski definition) is 2. The SMILES string of the molecule is CN=C(NCCOc1ccc(C(F)(F)F)cc1)NCCC(F)(F)F. The topological polar surface area (TPSA) is 45.7 Å². The average molecular weight is 357 g/mol. The maximum Gasteiger partial charge on any atom is 0.416 e. The van der Waals surface area contributed by atoms with Gasteiger partial charge in [-0.1, -0.05) is 0 Å². The number of nitrogens with zero attached hydrogens (tertiary/aromatic N) is 1. The zero-order valence-corrected chi connectivity index (χ0v) is 12.8. The highest BCUT2D eigenvalue weighted by Crippen LogP contribution is 2.30. The van der Waals surface area contributed by atoms with Crippen molar-refractivity contribution in [1.82, 2.24) is 10.6 Å². The van der Waals surface area contributed by atoms with Gasteiger partial charge in [-0.3, -0.25) is 4.99 Å². The Labute approximate surface area is 134 Å². The largest absolute Gasteiger partial charge is 0.492 e. The van der Waals surface area contributed by atoms with Crippen LogP contribution in [0.25, 0.3) is 0 Å². The van der Waals surface area contributed by atoms with E-state index in [1.54, 1.807) is 0 Å². The molecular formula is C14H17F6N3O. The molecule has 0 atom stereocenters. The molecule has 4 nitrogen and oxygen atoms in total. The summed E-state index contributed by atoms with van der Waals surface area (Å²) in [5, 5.41) is 5.22. The van der Waals surface area contributed by atoms with E-state index in [1.165, 1.54) is 19.2 Å². The van der Waals surface area contributed by atoms with Crippen LogP contribution in [0.5, 0.6) is 5.75 Å². The predicted octanol–water partition coefficient (Wildman–Crippen LogP) is 3.20. The molecule has 0 radical (unpaired) electrons. The van der Waals surface area contributed by atoms with E-state index in [2.05, 4.69) is 15.6 Å². The molecule has 0 bridgehead atoms. The highest BCUT2D eigenvalue weighted by molar-refractivity contribution is 5.79. The van der Waals surface area contributed by atoms with Crippen LogP contribution in [-0.4, -0.2) is 38.9 Å². The summed E-state index contributed by atoms with van der Waals surface area (Å²) in [7, 11) is 1.40. The molecule has 1 rings (SSSR count). The van der Waals surface area contributed by atoms with E-state index in [9.17, 15) is 26.3 Å². The van der Waals surface area contributed by atoms with Crippen molar-refractivity contribution in [3.05, 3.63) is 29.8 Å². The molecule has 0 aliphatic carbocycles. The molecule has 24 heavy (non-hydrogen) atoms. The lowest BCUT2D eigenvalue weighted by Gasteiger charge is -2.13. The summed E-state index contributed by atoms with van der Waals surface area (Å²) in [5.41, 5.74) is -0.776. The summed E-state index contributed by atoms with van der Waals surface area (Å²) >= 11 is 0. The first-order chi connectivity index (χ1) is 11.1. The first-order valence-corrected chi connectivity index (χ1v) is 6.93. The number of alkyl halides is 6. The number of benzene rings is 1. The van der Waals surface area contributed by atoms with Crippen LogP contribution in [0.15, 0.2) is 29.3 Å². The molecule has 0 heterocycles. The fourth-order valence-electron chi connectivity index (χ4n) is 1.62. The Morgan fingerprint density at radius 3 is 2.08 bits per heavy atom. The molecule has 0 aromatic heterocycles. The van der Waals surface area contributed by atoms with Gasteiger partial charge < -0.3 is 15.4 Å². The normalized spacial score (nSPS) is 12.9. The van der Waals surface area contributed by atoms with Gasteiger partial charge in [-0.15, -0.1) is 0 Å². The molecule has 0 unspecified atom stereocenters. The van der Waals surface area contributed by atoms with Crippen LogP contribution in [0.3, 0.4) is 0 Å². The number of nitrogens with one attached hydrogen (secondary N) is 2. The first-order valence-electron chi connectivity index (χ1n) is 6.93. The summed E-state index contributed by atoms with van der Waals surface area (Å²) < 4.78 is 78.4. The standard InChI is InChI=1S/C14H17F6N3O/c1-21-12(22-7-6-13(15,16)17)23-8-9-24-11-4-2-10(3-5-11)14(18,19)20/h2-5H,6-9H2,1H3,(H2,21,22,23). The van der Waals surface area contributed by atoms with Gasteiger partial charge in [0, 0.05) is 13.6 Å². The Morgan fingerprint density at radius 2 is 1.58 bits per heavy atom. The lowest BCUT2D eigenvalue weighted by Crippen LogP contribution is -2.40. The van der Waals surface area contributed by atoms with E-state index in [-0.39, 0.29) is 31.4 Å². The van der Waals surface area contributed by atoms with Crippen LogP contribution in [0, 0.1) is 0 Å². The Morgan fingerprint density at radius 1 is 1.00 bits per heavy atom. The molecule has 136 valence electrons. The van der Waals surface area contributed by atoms with Gasteiger partial charge in [-0.05, 0) is 24.3 Å². The molecule has 0 saturated carbocycles. The lowest BCUT2D eigenvalue weighted by molar-refractivity contribution is -0.137. The smallest absolute Gasteiger partial charge is 0.416 e. The maximum atomic E-state index is 12.4. The van der Waals surface area contributed by atoms with E-state index in [4.69, 9.17) is 4.74 Å². The Kier molecular flexibility index (Phi) is 7.18. The number of halogens is 6. The minimum Gasteiger partial charge on any atom is -0.492 e. The van der Waals surface area contributed by atoms with Gasteiger partial charge in [0.15, 0.2) is 5.96 Å². The summed E-state index contributed by atoms with van der Waals surface area (Å²) in [6.07, 6.45) is -9.65. The number of hydrogen-bond acceptors (Lipinski definition) is 2. The second kappa shape index (κ2) is 8.65. The van der Waals surface area contributed by atoms with Crippen molar-refractivity contribution in [2.24, 2.45) is 4.99 Å². The maximum absolute atomic E-state index is 12.4. The molecule has 0 aliphatic heterocycles. The van der Waals surface area contributed by atoms with Crippen LogP contribution >= 0.6 is 0 Å². The zero-order valence-electron chi connectivity index (χ0n) is 12.8. The molecular weight excluding hydrogens is 340 g/mol. The Hall–Kier alpha value is -2.13. The van der Waals surface area contributed by atoms with Gasteiger partial charge >= 0.3 is 12.4 Å². The fourth-order valence-corrected chi connectivity index (χ4v) is 1.62. The number of aliphatic imine (C=N–C) groups is 1. The minimum absolute atomic E-state index is 0.103. The van der Waals surface area contributed by atoms with Crippen molar-refractivity contribution in [1.29, 1.82) is 0 Å². The Balaban J connectivity index is 2.29. The van der Waals surface area contributed by atoms with E-state index >= 15 is 0 Å². The highest BCUT2D eigenvalue weighted by Gasteiger charge is 2.30. The van der Waals surface area contributed by atoms with Crippen molar-refractivity contribution >= 4 is 5.96 Å². The Bertz CT molecular complexity index is 525. The predicted molar refractivity (Wildman–Crippen MR) is 77.0 cm³/mol. The van der Waals surface area contributed by atoms with Gasteiger partial charge in [0.1, 0.15) is 12.4 Å². The van der Waals surface area contributed by atoms with Crippen molar-refractivity contribution in [3.63, 3.8) is 0 Å². The summed E-state index contributed by atoms with van der Waals surface area (Å²) in [4.78, 5) is 3.74. The molecule has 0 saturated heterocycles. The third-order valence-corrected chi connectivity index (χ3v) is 2.77. The van der Waals surface area contributed by atoms with E-state index < -0.39 is 24.3 Å². The molecule has 10 heteroatoms. The summed E-state index contributed by atoms with van der Waals surface area (Å²) in [5.74, 6) is 0.431. The summed E-state index contributed by atoms with van der Waals surface area (Å²) in [6, 6.07) is 4.19. The molecule has 0 aliphatic rings. The van der Waals surface area contributed by atoms with E-state index in [0.29, 0.717) is 0 Å². The van der Waals surface area contributed by atoms with Gasteiger partial charge in [-0.25, -0.2) is 0 Å². The van der Waals surface area contributed by atoms with E-state index in [0.717, 1.165) is 12.1 Å². The number of ether oxygens (including phenoxy) is 1. The fraction of sp³-hybridized carbons (Fsp3) is 0.500. The average Bonchev–Trinajstić information content (AvgIpc) is 2.48. The second-order valence-electron chi connectivity index (χ2n) is 4.66. The van der Waals surface area contributed by atoms with Gasteiger partial charge in [0.25, 0.3) is 0 Å². The first kappa shape index (κ1) is 19.9. The van der Waals surface area contributed by atoms with Crippen molar-refractivity contribution in [2.75, 3.05) is 26.7 Å². The zero-order chi connectivity index (χ0) is 18.2. The van der Waals surface area contributed by atoms with Gasteiger partial charge in [0.2, 0.25) is 0 Å². The third kappa shape index (κ3) is 7.93. The molecule has 0 spiro atoms. The molecule has 1 aromatic carbocycles. The second-order valence-corrected chi connectivity index (χ2v) is 4.66. The quantitative estimate of drug-likeness (QED) is 0.356. The van der Waals surface area contributed by atoms with Crippen LogP contribution in [0.4, 0.5) is 26.3 Å². The van der Waals surface area contributed by atoms with Gasteiger partial charge in [0.05, 0.1) is 18.5 Å². The lowest BCUT2D eigenvalue weighted by atomic mass is 10.2. The number of guanidine groups is 1. The van der Waals surface area contributed by atoms with Crippen molar-refractivity contribution in [2.45, 2.75) is 18.8 Å². The van der Waals surface area contributed by atoms with Crippen LogP contribution in [-0.2, 0) is 6.18 Å². The van der Waals surface area contributed by atoms with E-state index in [1.807, 2.05) is 0 Å². The number of rotatable bonds is 6. The summed E-state index contributed by atoms with van der Waals surface area (Å²) in [6.45, 7) is 0.000976. The molecule has 1 aromatic rings. The molecule has 0 amide bonds. The van der Waals surface area contributed by atoms with Crippen LogP contribution in [0.2, 0.25) is 0 Å². The third-order valence-electron chi connectivity index (χ3n) is 2.77. The minimum atomic E-state index is -4.41. The van der Waals surface area contributed by atoms with Crippen molar-refractivity contribution < 1.29 is 31.1 Å². The van der Waals surface area contributed by atoms with Crippen LogP contribution < -0.4 is 15.4 Å². The highest BCUT2D eigenvalue weighted by atomic mass is 19.4. The monoisotopic (exact) mass is 357 g/mol. The van der Waals surface area contributed by atoms with Crippen LogP contribution in [0.1, 0.15) is 12.0 Å². The van der Waals surface area contributed by atoms with Crippen molar-refractivity contribution in [3.8, 4) is 5.75 Å².